The first kappa shape index (κ1) is 13.6. The van der Waals surface area contributed by atoms with E-state index in [1.165, 1.54) is 0 Å². The Labute approximate surface area is 117 Å². The maximum absolute atomic E-state index is 12.4. The monoisotopic (exact) mass is 265 g/mol. The van der Waals surface area contributed by atoms with Crippen LogP contribution >= 0.6 is 0 Å². The molecule has 0 radical (unpaired) electrons. The predicted molar refractivity (Wildman–Crippen MR) is 79.4 cm³/mol. The SMILES string of the molecule is Cc1cccc(C)c1C(=O)Nc1ccc(N)cc1C#N. The minimum atomic E-state index is -0.220. The lowest BCUT2D eigenvalue weighted by Gasteiger charge is -2.11. The Morgan fingerprint density at radius 3 is 2.45 bits per heavy atom. The number of anilines is 2. The van der Waals surface area contributed by atoms with Gasteiger partial charge in [-0.05, 0) is 43.2 Å². The summed E-state index contributed by atoms with van der Waals surface area (Å²) in [5.41, 5.74) is 9.37. The molecule has 0 aliphatic heterocycles. The summed E-state index contributed by atoms with van der Waals surface area (Å²) in [5.74, 6) is -0.220. The van der Waals surface area contributed by atoms with Gasteiger partial charge in [-0.1, -0.05) is 18.2 Å². The van der Waals surface area contributed by atoms with Crippen molar-refractivity contribution in [3.8, 4) is 6.07 Å². The first-order chi connectivity index (χ1) is 9.52. The molecule has 3 N–H and O–H groups in total. The van der Waals surface area contributed by atoms with Crippen LogP contribution in [-0.4, -0.2) is 5.91 Å². The Morgan fingerprint density at radius 2 is 1.85 bits per heavy atom. The Hall–Kier alpha value is -2.80. The topological polar surface area (TPSA) is 78.9 Å². The van der Waals surface area contributed by atoms with E-state index >= 15 is 0 Å². The molecule has 4 heteroatoms. The van der Waals surface area contributed by atoms with Crippen molar-refractivity contribution >= 4 is 17.3 Å². The fourth-order valence-corrected chi connectivity index (χ4v) is 2.12. The Morgan fingerprint density at radius 1 is 1.20 bits per heavy atom. The molecule has 0 heterocycles. The third-order valence-electron chi connectivity index (χ3n) is 3.12. The summed E-state index contributed by atoms with van der Waals surface area (Å²) in [6.45, 7) is 3.77. The van der Waals surface area contributed by atoms with Crippen LogP contribution in [0.4, 0.5) is 11.4 Å². The number of hydrogen-bond acceptors (Lipinski definition) is 3. The number of aryl methyl sites for hydroxylation is 2. The van der Waals surface area contributed by atoms with E-state index in [0.29, 0.717) is 22.5 Å². The van der Waals surface area contributed by atoms with E-state index in [1.54, 1.807) is 18.2 Å². The highest BCUT2D eigenvalue weighted by Crippen LogP contribution is 2.20. The zero-order chi connectivity index (χ0) is 14.7. The third kappa shape index (κ3) is 2.62. The van der Waals surface area contributed by atoms with E-state index in [-0.39, 0.29) is 5.91 Å². The molecule has 0 saturated heterocycles. The molecule has 0 fully saturated rings. The third-order valence-corrected chi connectivity index (χ3v) is 3.12. The van der Waals surface area contributed by atoms with Gasteiger partial charge in [0.15, 0.2) is 0 Å². The summed E-state index contributed by atoms with van der Waals surface area (Å²) in [7, 11) is 0. The molecule has 0 atom stereocenters. The van der Waals surface area contributed by atoms with Crippen LogP contribution in [-0.2, 0) is 0 Å². The highest BCUT2D eigenvalue weighted by atomic mass is 16.1. The summed E-state index contributed by atoms with van der Waals surface area (Å²) < 4.78 is 0. The van der Waals surface area contributed by atoms with Crippen molar-refractivity contribution in [2.45, 2.75) is 13.8 Å². The smallest absolute Gasteiger partial charge is 0.256 e. The molecular formula is C16H15N3O. The van der Waals surface area contributed by atoms with Crippen molar-refractivity contribution in [1.29, 1.82) is 5.26 Å². The van der Waals surface area contributed by atoms with Crippen molar-refractivity contribution in [3.05, 3.63) is 58.7 Å². The number of benzene rings is 2. The number of carbonyl (C=O) groups excluding carboxylic acids is 1. The predicted octanol–water partition coefficient (Wildman–Crippen LogP) is 3.01. The zero-order valence-corrected chi connectivity index (χ0v) is 11.4. The van der Waals surface area contributed by atoms with Gasteiger partial charge in [0.25, 0.3) is 5.91 Å². The number of amides is 1. The van der Waals surface area contributed by atoms with Crippen LogP contribution in [0.1, 0.15) is 27.0 Å². The lowest BCUT2D eigenvalue weighted by Crippen LogP contribution is -2.15. The molecular weight excluding hydrogens is 250 g/mol. The fraction of sp³-hybridized carbons (Fsp3) is 0.125. The molecule has 0 aromatic heterocycles. The van der Waals surface area contributed by atoms with Gasteiger partial charge in [-0.3, -0.25) is 4.79 Å². The van der Waals surface area contributed by atoms with Crippen LogP contribution in [0.3, 0.4) is 0 Å². The van der Waals surface area contributed by atoms with Gasteiger partial charge in [-0.15, -0.1) is 0 Å². The number of nitrogens with zero attached hydrogens (tertiary/aromatic N) is 1. The molecule has 0 saturated carbocycles. The van der Waals surface area contributed by atoms with Gasteiger partial charge in [-0.2, -0.15) is 5.26 Å². The minimum absolute atomic E-state index is 0.220. The van der Waals surface area contributed by atoms with Gasteiger partial charge in [0, 0.05) is 11.3 Å². The number of nitrogens with two attached hydrogens (primary N) is 1. The summed E-state index contributed by atoms with van der Waals surface area (Å²) in [4.78, 5) is 12.4. The molecule has 2 aromatic rings. The molecule has 20 heavy (non-hydrogen) atoms. The lowest BCUT2D eigenvalue weighted by atomic mass is 10.0. The fourth-order valence-electron chi connectivity index (χ4n) is 2.12. The lowest BCUT2D eigenvalue weighted by molar-refractivity contribution is 0.102. The number of nitrogen functional groups attached to an aromatic ring is 1. The summed E-state index contributed by atoms with van der Waals surface area (Å²) in [6, 6.07) is 12.5. The van der Waals surface area contributed by atoms with Crippen molar-refractivity contribution < 1.29 is 4.79 Å². The van der Waals surface area contributed by atoms with Gasteiger partial charge in [-0.25, -0.2) is 0 Å². The van der Waals surface area contributed by atoms with Crippen LogP contribution in [0.15, 0.2) is 36.4 Å². The Balaban J connectivity index is 2.36. The maximum atomic E-state index is 12.4. The maximum Gasteiger partial charge on any atom is 0.256 e. The zero-order valence-electron chi connectivity index (χ0n) is 11.4. The molecule has 4 nitrogen and oxygen atoms in total. The molecule has 1 amide bonds. The first-order valence-electron chi connectivity index (χ1n) is 6.20. The first-order valence-corrected chi connectivity index (χ1v) is 6.20. The number of rotatable bonds is 2. The van der Waals surface area contributed by atoms with E-state index in [1.807, 2.05) is 38.1 Å². The second-order valence-electron chi connectivity index (χ2n) is 4.64. The van der Waals surface area contributed by atoms with Gasteiger partial charge in [0.2, 0.25) is 0 Å². The summed E-state index contributed by atoms with van der Waals surface area (Å²) in [5, 5.41) is 11.8. The van der Waals surface area contributed by atoms with Crippen molar-refractivity contribution in [1.82, 2.24) is 0 Å². The second-order valence-corrected chi connectivity index (χ2v) is 4.64. The quantitative estimate of drug-likeness (QED) is 0.819. The molecule has 0 spiro atoms. The van der Waals surface area contributed by atoms with Crippen molar-refractivity contribution in [2.75, 3.05) is 11.1 Å². The average Bonchev–Trinajstić information content (AvgIpc) is 2.40. The van der Waals surface area contributed by atoms with E-state index in [0.717, 1.165) is 11.1 Å². The van der Waals surface area contributed by atoms with E-state index in [2.05, 4.69) is 5.32 Å². The van der Waals surface area contributed by atoms with Gasteiger partial charge in [0.05, 0.1) is 11.3 Å². The molecule has 2 aromatic carbocycles. The van der Waals surface area contributed by atoms with Crippen LogP contribution in [0.25, 0.3) is 0 Å². The van der Waals surface area contributed by atoms with E-state index in [4.69, 9.17) is 11.0 Å². The molecule has 0 bridgehead atoms. The minimum Gasteiger partial charge on any atom is -0.399 e. The molecule has 0 aliphatic rings. The highest BCUT2D eigenvalue weighted by molar-refractivity contribution is 6.06. The van der Waals surface area contributed by atoms with Crippen molar-refractivity contribution in [2.24, 2.45) is 0 Å². The normalized spacial score (nSPS) is 9.85. The van der Waals surface area contributed by atoms with E-state index in [9.17, 15) is 4.79 Å². The van der Waals surface area contributed by atoms with Gasteiger partial charge >= 0.3 is 0 Å². The Bertz CT molecular complexity index is 694. The molecule has 0 aliphatic carbocycles. The van der Waals surface area contributed by atoms with Gasteiger partial charge in [0.1, 0.15) is 6.07 Å². The van der Waals surface area contributed by atoms with Crippen LogP contribution in [0, 0.1) is 25.2 Å². The van der Waals surface area contributed by atoms with E-state index < -0.39 is 0 Å². The highest BCUT2D eigenvalue weighted by Gasteiger charge is 2.13. The number of carbonyl (C=O) groups is 1. The molecule has 2 rings (SSSR count). The van der Waals surface area contributed by atoms with Crippen LogP contribution in [0.2, 0.25) is 0 Å². The van der Waals surface area contributed by atoms with Crippen LogP contribution < -0.4 is 11.1 Å². The number of nitrogens with one attached hydrogen (secondary N) is 1. The largest absolute Gasteiger partial charge is 0.399 e. The standard InChI is InChI=1S/C16H15N3O/c1-10-4-3-5-11(2)15(10)16(20)19-14-7-6-13(18)8-12(14)9-17/h3-8H,18H2,1-2H3,(H,19,20). The average molecular weight is 265 g/mol. The second kappa shape index (κ2) is 5.45. The molecule has 100 valence electrons. The summed E-state index contributed by atoms with van der Waals surface area (Å²) in [6.07, 6.45) is 0. The Kier molecular flexibility index (Phi) is 3.72. The number of hydrogen-bond donors (Lipinski definition) is 2. The molecule has 0 unspecified atom stereocenters. The van der Waals surface area contributed by atoms with Gasteiger partial charge < -0.3 is 11.1 Å². The summed E-state index contributed by atoms with van der Waals surface area (Å²) >= 11 is 0. The number of nitriles is 1. The van der Waals surface area contributed by atoms with Crippen molar-refractivity contribution in [3.63, 3.8) is 0 Å². The van der Waals surface area contributed by atoms with Crippen LogP contribution in [0.5, 0.6) is 0 Å².